The SMILES string of the molecule is COc1cc(Br)c(Cl)c(Br)c1NC=C(C#N)C#N. The fourth-order valence-electron chi connectivity index (χ4n) is 1.10. The molecule has 0 amide bonds. The predicted octanol–water partition coefficient (Wildman–Crippen LogP) is 4.22. The Morgan fingerprint density at radius 3 is 2.56 bits per heavy atom. The molecule has 7 heteroatoms. The van der Waals surface area contributed by atoms with E-state index in [9.17, 15) is 0 Å². The number of rotatable bonds is 3. The molecule has 0 spiro atoms. The van der Waals surface area contributed by atoms with Crippen LogP contribution in [0.25, 0.3) is 0 Å². The van der Waals surface area contributed by atoms with Crippen LogP contribution in [0.1, 0.15) is 0 Å². The molecule has 0 aliphatic rings. The van der Waals surface area contributed by atoms with Crippen LogP contribution < -0.4 is 10.1 Å². The molecule has 0 atom stereocenters. The fraction of sp³-hybridized carbons (Fsp3) is 0.0909. The van der Waals surface area contributed by atoms with Gasteiger partial charge in [0, 0.05) is 10.7 Å². The van der Waals surface area contributed by atoms with Gasteiger partial charge in [0.25, 0.3) is 0 Å². The molecule has 1 aromatic rings. The number of methoxy groups -OCH3 is 1. The van der Waals surface area contributed by atoms with Crippen LogP contribution in [0.2, 0.25) is 5.02 Å². The third-order valence-electron chi connectivity index (χ3n) is 1.95. The quantitative estimate of drug-likeness (QED) is 0.619. The molecule has 0 bridgehead atoms. The van der Waals surface area contributed by atoms with Crippen molar-refractivity contribution in [3.8, 4) is 17.9 Å². The van der Waals surface area contributed by atoms with E-state index in [-0.39, 0.29) is 5.57 Å². The summed E-state index contributed by atoms with van der Waals surface area (Å²) in [5.41, 5.74) is 0.483. The van der Waals surface area contributed by atoms with Gasteiger partial charge in [-0.25, -0.2) is 0 Å². The molecule has 1 rings (SSSR count). The number of ether oxygens (including phenoxy) is 1. The first kappa shape index (κ1) is 14.8. The number of halogens is 3. The molecule has 18 heavy (non-hydrogen) atoms. The van der Waals surface area contributed by atoms with Gasteiger partial charge in [-0.15, -0.1) is 0 Å². The molecule has 0 aliphatic heterocycles. The van der Waals surface area contributed by atoms with Crippen molar-refractivity contribution >= 4 is 49.1 Å². The minimum Gasteiger partial charge on any atom is -0.494 e. The monoisotopic (exact) mass is 389 g/mol. The maximum Gasteiger partial charge on any atom is 0.145 e. The molecule has 0 aromatic heterocycles. The smallest absolute Gasteiger partial charge is 0.145 e. The average molecular weight is 391 g/mol. The third-order valence-corrected chi connectivity index (χ3v) is 4.22. The van der Waals surface area contributed by atoms with Crippen LogP contribution in [0.15, 0.2) is 26.8 Å². The van der Waals surface area contributed by atoms with E-state index in [1.807, 2.05) is 0 Å². The van der Waals surface area contributed by atoms with Crippen LogP contribution in [0.5, 0.6) is 5.75 Å². The number of benzene rings is 1. The second kappa shape index (κ2) is 6.65. The highest BCUT2D eigenvalue weighted by atomic mass is 79.9. The van der Waals surface area contributed by atoms with Crippen molar-refractivity contribution in [3.63, 3.8) is 0 Å². The molecular formula is C11H6Br2ClN3O. The van der Waals surface area contributed by atoms with Crippen LogP contribution in [0, 0.1) is 22.7 Å². The minimum absolute atomic E-state index is 0.0528. The van der Waals surface area contributed by atoms with Crippen LogP contribution in [0.4, 0.5) is 5.69 Å². The molecule has 92 valence electrons. The topological polar surface area (TPSA) is 68.8 Å². The van der Waals surface area contributed by atoms with Crippen LogP contribution in [-0.2, 0) is 0 Å². The van der Waals surface area contributed by atoms with Gasteiger partial charge < -0.3 is 10.1 Å². The van der Waals surface area contributed by atoms with E-state index in [4.69, 9.17) is 26.9 Å². The number of hydrogen-bond acceptors (Lipinski definition) is 4. The first-order valence-electron chi connectivity index (χ1n) is 4.53. The molecule has 0 aliphatic carbocycles. The summed E-state index contributed by atoms with van der Waals surface area (Å²) in [4.78, 5) is 0. The third kappa shape index (κ3) is 3.17. The van der Waals surface area contributed by atoms with E-state index < -0.39 is 0 Å². The maximum atomic E-state index is 8.64. The van der Waals surface area contributed by atoms with Crippen LogP contribution in [-0.4, -0.2) is 7.11 Å². The van der Waals surface area contributed by atoms with Gasteiger partial charge in [-0.05, 0) is 37.9 Å². The first-order chi connectivity index (χ1) is 8.54. The average Bonchev–Trinajstić information content (AvgIpc) is 2.38. The minimum atomic E-state index is -0.0528. The Hall–Kier alpha value is -1.21. The number of nitrogens with one attached hydrogen (secondary N) is 1. The number of hydrogen-bond donors (Lipinski definition) is 1. The number of anilines is 1. The summed E-state index contributed by atoms with van der Waals surface area (Å²) >= 11 is 12.7. The molecule has 0 unspecified atom stereocenters. The van der Waals surface area contributed by atoms with Crippen molar-refractivity contribution in [3.05, 3.63) is 31.8 Å². The van der Waals surface area contributed by atoms with Crippen molar-refractivity contribution in [1.82, 2.24) is 0 Å². The fourth-order valence-corrected chi connectivity index (χ4v) is 2.45. The summed E-state index contributed by atoms with van der Waals surface area (Å²) in [6.45, 7) is 0. The highest BCUT2D eigenvalue weighted by Crippen LogP contribution is 2.42. The standard InChI is InChI=1S/C11H6Br2ClN3O/c1-18-8-2-7(12)10(14)9(13)11(8)17-5-6(3-15)4-16/h2,5,17H,1H3. The highest BCUT2D eigenvalue weighted by Gasteiger charge is 2.14. The van der Waals surface area contributed by atoms with E-state index in [1.54, 1.807) is 18.2 Å². The van der Waals surface area contributed by atoms with Gasteiger partial charge in [-0.1, -0.05) is 11.6 Å². The zero-order valence-corrected chi connectivity index (χ0v) is 13.0. The Kier molecular flexibility index (Phi) is 5.49. The van der Waals surface area contributed by atoms with Gasteiger partial charge in [0.15, 0.2) is 0 Å². The molecular weight excluding hydrogens is 385 g/mol. The lowest BCUT2D eigenvalue weighted by Gasteiger charge is -2.12. The molecule has 1 N–H and O–H groups in total. The Balaban J connectivity index is 3.26. The molecule has 1 aromatic carbocycles. The first-order valence-corrected chi connectivity index (χ1v) is 6.50. The molecule has 0 saturated heterocycles. The van der Waals surface area contributed by atoms with Gasteiger partial charge in [-0.3, -0.25) is 0 Å². The van der Waals surface area contributed by atoms with Crippen molar-refractivity contribution in [2.24, 2.45) is 0 Å². The van der Waals surface area contributed by atoms with E-state index in [2.05, 4.69) is 37.2 Å². The van der Waals surface area contributed by atoms with Gasteiger partial charge in [0.2, 0.25) is 0 Å². The zero-order valence-electron chi connectivity index (χ0n) is 9.09. The van der Waals surface area contributed by atoms with Gasteiger partial charge in [0.05, 0.1) is 22.3 Å². The Morgan fingerprint density at radius 2 is 2.06 bits per heavy atom. The van der Waals surface area contributed by atoms with Gasteiger partial charge >= 0.3 is 0 Å². The normalized spacial score (nSPS) is 9.00. The van der Waals surface area contributed by atoms with E-state index in [1.165, 1.54) is 13.3 Å². The summed E-state index contributed by atoms with van der Waals surface area (Å²) in [5, 5.41) is 20.6. The van der Waals surface area contributed by atoms with Crippen molar-refractivity contribution in [1.29, 1.82) is 10.5 Å². The van der Waals surface area contributed by atoms with Crippen molar-refractivity contribution in [2.45, 2.75) is 0 Å². The summed E-state index contributed by atoms with van der Waals surface area (Å²) < 4.78 is 6.43. The predicted molar refractivity (Wildman–Crippen MR) is 76.3 cm³/mol. The Bertz CT molecular complexity index is 571. The lowest BCUT2D eigenvalue weighted by Crippen LogP contribution is -1.96. The molecule has 0 heterocycles. The van der Waals surface area contributed by atoms with E-state index >= 15 is 0 Å². The van der Waals surface area contributed by atoms with E-state index in [0.717, 1.165) is 0 Å². The summed E-state index contributed by atoms with van der Waals surface area (Å²) in [5.74, 6) is 0.518. The van der Waals surface area contributed by atoms with E-state index in [0.29, 0.717) is 25.4 Å². The maximum absolute atomic E-state index is 8.64. The number of allylic oxidation sites excluding steroid dienone is 1. The molecule has 4 nitrogen and oxygen atoms in total. The highest BCUT2D eigenvalue weighted by molar-refractivity contribution is 9.11. The molecule has 0 fully saturated rings. The Labute approximate surface area is 126 Å². The summed E-state index contributed by atoms with van der Waals surface area (Å²) in [6.07, 6.45) is 1.28. The van der Waals surface area contributed by atoms with Gasteiger partial charge in [-0.2, -0.15) is 10.5 Å². The molecule has 0 saturated carbocycles. The second-order valence-corrected chi connectivity index (χ2v) is 5.01. The Morgan fingerprint density at radius 1 is 1.44 bits per heavy atom. The lowest BCUT2D eigenvalue weighted by atomic mass is 10.3. The lowest BCUT2D eigenvalue weighted by molar-refractivity contribution is 0.416. The summed E-state index contributed by atoms with van der Waals surface area (Å²) in [7, 11) is 1.51. The van der Waals surface area contributed by atoms with Gasteiger partial charge in [0.1, 0.15) is 23.5 Å². The second-order valence-electron chi connectivity index (χ2n) is 2.99. The zero-order chi connectivity index (χ0) is 13.7. The number of nitriles is 2. The summed E-state index contributed by atoms with van der Waals surface area (Å²) in [6, 6.07) is 5.17. The van der Waals surface area contributed by atoms with Crippen LogP contribution >= 0.6 is 43.5 Å². The van der Waals surface area contributed by atoms with Crippen molar-refractivity contribution < 1.29 is 4.74 Å². The van der Waals surface area contributed by atoms with Crippen molar-refractivity contribution in [2.75, 3.05) is 12.4 Å². The number of nitrogens with zero attached hydrogens (tertiary/aromatic N) is 2. The molecule has 0 radical (unpaired) electrons. The largest absolute Gasteiger partial charge is 0.494 e. The van der Waals surface area contributed by atoms with Crippen LogP contribution in [0.3, 0.4) is 0 Å².